The Morgan fingerprint density at radius 2 is 1.70 bits per heavy atom. The molecular formula is C18H22N2O3. The van der Waals surface area contributed by atoms with E-state index in [-0.39, 0.29) is 12.5 Å². The van der Waals surface area contributed by atoms with Crippen molar-refractivity contribution in [2.45, 2.75) is 6.42 Å². The molecule has 0 bridgehead atoms. The summed E-state index contributed by atoms with van der Waals surface area (Å²) < 4.78 is 5.70. The first-order chi connectivity index (χ1) is 11.2. The fraction of sp³-hybridized carbons (Fsp3) is 0.278. The monoisotopic (exact) mass is 314 g/mol. The van der Waals surface area contributed by atoms with Gasteiger partial charge in [0.1, 0.15) is 11.5 Å². The molecule has 0 atom stereocenters. The number of carbonyl (C=O) groups is 1. The van der Waals surface area contributed by atoms with Gasteiger partial charge in [-0.15, -0.1) is 0 Å². The van der Waals surface area contributed by atoms with Crippen LogP contribution in [-0.4, -0.2) is 42.7 Å². The van der Waals surface area contributed by atoms with Crippen molar-refractivity contribution >= 4 is 11.6 Å². The number of aliphatic hydroxyl groups excluding tert-OH is 1. The normalized spacial score (nSPS) is 10.6. The van der Waals surface area contributed by atoms with Crippen molar-refractivity contribution in [3.8, 4) is 11.5 Å². The van der Waals surface area contributed by atoms with Crippen molar-refractivity contribution in [3.63, 3.8) is 0 Å². The summed E-state index contributed by atoms with van der Waals surface area (Å²) in [5, 5.41) is 11.7. The van der Waals surface area contributed by atoms with Gasteiger partial charge in [-0.3, -0.25) is 4.79 Å². The first kappa shape index (κ1) is 17.0. The molecular weight excluding hydrogens is 292 g/mol. The maximum atomic E-state index is 11.9. The number of anilines is 1. The predicted molar refractivity (Wildman–Crippen MR) is 90.8 cm³/mol. The maximum Gasteiger partial charge on any atom is 0.225 e. The molecule has 0 spiro atoms. The van der Waals surface area contributed by atoms with Crippen LogP contribution in [0.2, 0.25) is 0 Å². The van der Waals surface area contributed by atoms with Gasteiger partial charge in [-0.05, 0) is 43.4 Å². The third-order valence-corrected chi connectivity index (χ3v) is 3.32. The zero-order chi connectivity index (χ0) is 16.5. The molecule has 0 radical (unpaired) electrons. The minimum Gasteiger partial charge on any atom is -0.457 e. The molecule has 0 fully saturated rings. The lowest BCUT2D eigenvalue weighted by Crippen LogP contribution is -2.26. The number of nitrogens with one attached hydrogen (secondary N) is 1. The van der Waals surface area contributed by atoms with Crippen molar-refractivity contribution in [2.24, 2.45) is 0 Å². The summed E-state index contributed by atoms with van der Waals surface area (Å²) in [6.07, 6.45) is 0.388. The molecule has 0 aliphatic carbocycles. The Kier molecular flexibility index (Phi) is 6.59. The molecule has 0 saturated heterocycles. The lowest BCUT2D eigenvalue weighted by Gasteiger charge is -2.14. The molecule has 0 unspecified atom stereocenters. The molecule has 5 heteroatoms. The largest absolute Gasteiger partial charge is 0.457 e. The topological polar surface area (TPSA) is 61.8 Å². The molecule has 1 amide bonds. The van der Waals surface area contributed by atoms with Gasteiger partial charge >= 0.3 is 0 Å². The van der Waals surface area contributed by atoms with Crippen molar-refractivity contribution < 1.29 is 14.6 Å². The molecule has 0 aliphatic rings. The number of carbonyl (C=O) groups excluding carboxylic acids is 1. The van der Waals surface area contributed by atoms with Crippen LogP contribution in [0.1, 0.15) is 6.42 Å². The van der Waals surface area contributed by atoms with Crippen molar-refractivity contribution in [1.29, 1.82) is 0 Å². The van der Waals surface area contributed by atoms with E-state index in [4.69, 9.17) is 9.84 Å². The second-order valence-electron chi connectivity index (χ2n) is 5.26. The van der Waals surface area contributed by atoms with Crippen LogP contribution in [0.25, 0.3) is 0 Å². The summed E-state index contributed by atoms with van der Waals surface area (Å²) in [5.41, 5.74) is 0.736. The number of benzene rings is 2. The lowest BCUT2D eigenvalue weighted by molar-refractivity contribution is -0.116. The number of hydrogen-bond donors (Lipinski definition) is 2. The van der Waals surface area contributed by atoms with Crippen LogP contribution in [0.3, 0.4) is 0 Å². The van der Waals surface area contributed by atoms with E-state index in [1.54, 1.807) is 0 Å². The quantitative estimate of drug-likeness (QED) is 0.786. The smallest absolute Gasteiger partial charge is 0.225 e. The molecule has 23 heavy (non-hydrogen) atoms. The number of amides is 1. The molecule has 5 nitrogen and oxygen atoms in total. The van der Waals surface area contributed by atoms with E-state index in [1.165, 1.54) is 0 Å². The minimum absolute atomic E-state index is 0.0495. The highest BCUT2D eigenvalue weighted by molar-refractivity contribution is 5.90. The second kappa shape index (κ2) is 8.92. The first-order valence-corrected chi connectivity index (χ1v) is 7.59. The van der Waals surface area contributed by atoms with Gasteiger partial charge in [0, 0.05) is 25.2 Å². The highest BCUT2D eigenvalue weighted by Crippen LogP contribution is 2.22. The Morgan fingerprint density at radius 3 is 2.35 bits per heavy atom. The van der Waals surface area contributed by atoms with Gasteiger partial charge in [0.05, 0.1) is 6.61 Å². The third-order valence-electron chi connectivity index (χ3n) is 3.32. The highest BCUT2D eigenvalue weighted by Gasteiger charge is 2.05. The molecule has 2 aromatic carbocycles. The van der Waals surface area contributed by atoms with Crippen LogP contribution in [0.15, 0.2) is 54.6 Å². The van der Waals surface area contributed by atoms with Gasteiger partial charge < -0.3 is 20.1 Å². The molecule has 0 saturated carbocycles. The van der Waals surface area contributed by atoms with E-state index in [0.29, 0.717) is 19.5 Å². The Morgan fingerprint density at radius 1 is 1.04 bits per heavy atom. The SMILES string of the molecule is CN(CCO)CCC(=O)Nc1ccc(Oc2ccccc2)cc1. The molecule has 0 heterocycles. The number of aliphatic hydroxyl groups is 1. The standard InChI is InChI=1S/C18H22N2O3/c1-20(13-14-21)12-11-18(22)19-15-7-9-17(10-8-15)23-16-5-3-2-4-6-16/h2-10,21H,11-14H2,1H3,(H,19,22). The molecule has 122 valence electrons. The fourth-order valence-electron chi connectivity index (χ4n) is 2.03. The van der Waals surface area contributed by atoms with Crippen LogP contribution < -0.4 is 10.1 Å². The summed E-state index contributed by atoms with van der Waals surface area (Å²) in [5.74, 6) is 1.44. The van der Waals surface area contributed by atoms with E-state index in [9.17, 15) is 4.79 Å². The van der Waals surface area contributed by atoms with Crippen LogP contribution in [0, 0.1) is 0 Å². The molecule has 0 aliphatic heterocycles. The van der Waals surface area contributed by atoms with Crippen LogP contribution >= 0.6 is 0 Å². The fourth-order valence-corrected chi connectivity index (χ4v) is 2.03. The zero-order valence-electron chi connectivity index (χ0n) is 13.2. The highest BCUT2D eigenvalue weighted by atomic mass is 16.5. The molecule has 2 aromatic rings. The van der Waals surface area contributed by atoms with Gasteiger partial charge in [0.2, 0.25) is 5.91 Å². The number of ether oxygens (including phenoxy) is 1. The number of nitrogens with zero attached hydrogens (tertiary/aromatic N) is 1. The maximum absolute atomic E-state index is 11.9. The second-order valence-corrected chi connectivity index (χ2v) is 5.26. The van der Waals surface area contributed by atoms with Crippen LogP contribution in [0.5, 0.6) is 11.5 Å². The number of rotatable bonds is 8. The van der Waals surface area contributed by atoms with E-state index in [0.717, 1.165) is 17.2 Å². The predicted octanol–water partition coefficient (Wildman–Crippen LogP) is 2.73. The van der Waals surface area contributed by atoms with Gasteiger partial charge in [-0.2, -0.15) is 0 Å². The summed E-state index contributed by atoms with van der Waals surface area (Å²) in [7, 11) is 1.87. The van der Waals surface area contributed by atoms with Crippen molar-refractivity contribution in [3.05, 3.63) is 54.6 Å². The van der Waals surface area contributed by atoms with Crippen molar-refractivity contribution in [2.75, 3.05) is 32.1 Å². The average Bonchev–Trinajstić information content (AvgIpc) is 2.56. The van der Waals surface area contributed by atoms with Gasteiger partial charge in [-0.1, -0.05) is 18.2 Å². The van der Waals surface area contributed by atoms with Gasteiger partial charge in [0.15, 0.2) is 0 Å². The van der Waals surface area contributed by atoms with E-state index in [2.05, 4.69) is 5.32 Å². The van der Waals surface area contributed by atoms with E-state index in [1.807, 2.05) is 66.5 Å². The van der Waals surface area contributed by atoms with Crippen LogP contribution in [0.4, 0.5) is 5.69 Å². The number of likely N-dealkylation sites (N-methyl/N-ethyl adjacent to an activating group) is 1. The van der Waals surface area contributed by atoms with Crippen molar-refractivity contribution in [1.82, 2.24) is 4.90 Å². The summed E-state index contributed by atoms with van der Waals surface area (Å²) in [6, 6.07) is 16.8. The number of para-hydroxylation sites is 1. The minimum atomic E-state index is -0.0495. The Balaban J connectivity index is 1.81. The average molecular weight is 314 g/mol. The van der Waals surface area contributed by atoms with E-state index < -0.39 is 0 Å². The molecule has 2 N–H and O–H groups in total. The molecule has 2 rings (SSSR count). The third kappa shape index (κ3) is 6.10. The van der Waals surface area contributed by atoms with Gasteiger partial charge in [-0.25, -0.2) is 0 Å². The summed E-state index contributed by atoms with van der Waals surface area (Å²) in [6.45, 7) is 1.28. The summed E-state index contributed by atoms with van der Waals surface area (Å²) in [4.78, 5) is 13.8. The van der Waals surface area contributed by atoms with Gasteiger partial charge in [0.25, 0.3) is 0 Å². The zero-order valence-corrected chi connectivity index (χ0v) is 13.2. The number of hydrogen-bond acceptors (Lipinski definition) is 4. The summed E-state index contributed by atoms with van der Waals surface area (Å²) >= 11 is 0. The Bertz CT molecular complexity index is 599. The Labute approximate surface area is 136 Å². The Hall–Kier alpha value is -2.37. The lowest BCUT2D eigenvalue weighted by atomic mass is 10.2. The first-order valence-electron chi connectivity index (χ1n) is 7.59. The van der Waals surface area contributed by atoms with E-state index >= 15 is 0 Å². The molecule has 0 aromatic heterocycles. The van der Waals surface area contributed by atoms with Crippen LogP contribution in [-0.2, 0) is 4.79 Å².